The third-order valence-electron chi connectivity index (χ3n) is 3.05. The van der Waals surface area contributed by atoms with Crippen LogP contribution in [0, 0.1) is 11.8 Å². The Labute approximate surface area is 88.8 Å². The van der Waals surface area contributed by atoms with E-state index in [1.54, 1.807) is 0 Å². The molecule has 14 heavy (non-hydrogen) atoms. The van der Waals surface area contributed by atoms with Crippen molar-refractivity contribution in [3.05, 3.63) is 0 Å². The Balaban J connectivity index is 1.98. The van der Waals surface area contributed by atoms with Crippen LogP contribution in [0.25, 0.3) is 0 Å². The smallest absolute Gasteiger partial charge is 0.0164 e. The van der Waals surface area contributed by atoms with E-state index in [9.17, 15) is 0 Å². The molecule has 2 nitrogen and oxygen atoms in total. The summed E-state index contributed by atoms with van der Waals surface area (Å²) in [5.74, 6) is 1.89. The molecule has 2 unspecified atom stereocenters. The molecular weight excluding hydrogens is 172 g/mol. The predicted molar refractivity (Wildman–Crippen MR) is 62.5 cm³/mol. The normalized spacial score (nSPS) is 21.2. The van der Waals surface area contributed by atoms with Crippen molar-refractivity contribution < 1.29 is 0 Å². The first-order valence-electron chi connectivity index (χ1n) is 6.06. The number of rotatable bonds is 7. The minimum atomic E-state index is 0.596. The second-order valence-electron chi connectivity index (χ2n) is 5.19. The molecule has 0 aromatic rings. The van der Waals surface area contributed by atoms with Gasteiger partial charge in [0.15, 0.2) is 0 Å². The highest BCUT2D eigenvalue weighted by atomic mass is 15.0. The van der Waals surface area contributed by atoms with E-state index in [0.29, 0.717) is 12.1 Å². The number of hydrogen-bond acceptors (Lipinski definition) is 2. The summed E-state index contributed by atoms with van der Waals surface area (Å²) in [5.41, 5.74) is 0. The second-order valence-corrected chi connectivity index (χ2v) is 5.19. The van der Waals surface area contributed by atoms with Gasteiger partial charge in [-0.05, 0) is 38.1 Å². The zero-order chi connectivity index (χ0) is 10.6. The van der Waals surface area contributed by atoms with Crippen LogP contribution in [-0.2, 0) is 0 Å². The summed E-state index contributed by atoms with van der Waals surface area (Å²) in [5, 5.41) is 7.05. The van der Waals surface area contributed by atoms with E-state index in [4.69, 9.17) is 0 Å². The Bertz CT molecular complexity index is 152. The minimum absolute atomic E-state index is 0.596. The Hall–Kier alpha value is -0.0800. The van der Waals surface area contributed by atoms with E-state index >= 15 is 0 Å². The van der Waals surface area contributed by atoms with Gasteiger partial charge in [-0.1, -0.05) is 20.8 Å². The lowest BCUT2D eigenvalue weighted by molar-refractivity contribution is 0.407. The van der Waals surface area contributed by atoms with E-state index in [1.165, 1.54) is 19.4 Å². The van der Waals surface area contributed by atoms with Gasteiger partial charge in [0.25, 0.3) is 0 Å². The van der Waals surface area contributed by atoms with Crippen LogP contribution in [0.5, 0.6) is 0 Å². The molecule has 2 N–H and O–H groups in total. The van der Waals surface area contributed by atoms with Crippen LogP contribution in [0.1, 0.15) is 40.5 Å². The van der Waals surface area contributed by atoms with Gasteiger partial charge in [-0.2, -0.15) is 0 Å². The quantitative estimate of drug-likeness (QED) is 0.654. The molecule has 0 radical (unpaired) electrons. The van der Waals surface area contributed by atoms with Crippen LogP contribution in [0.15, 0.2) is 0 Å². The van der Waals surface area contributed by atoms with Crippen molar-refractivity contribution in [3.63, 3.8) is 0 Å². The summed E-state index contributed by atoms with van der Waals surface area (Å²) in [6.07, 6.45) is 2.92. The van der Waals surface area contributed by atoms with Gasteiger partial charge in [0.05, 0.1) is 0 Å². The summed E-state index contributed by atoms with van der Waals surface area (Å²) in [4.78, 5) is 0. The standard InChI is InChI=1S/C12H26N2/c1-9(2)13-8-11(4)14-7-10(3)12-5-6-12/h9-14H,5-8H2,1-4H3. The molecule has 0 saturated heterocycles. The SMILES string of the molecule is CC(C)NCC(C)NCC(C)C1CC1. The van der Waals surface area contributed by atoms with Crippen LogP contribution in [0.4, 0.5) is 0 Å². The summed E-state index contributed by atoms with van der Waals surface area (Å²) in [6.45, 7) is 11.3. The van der Waals surface area contributed by atoms with E-state index in [0.717, 1.165) is 18.4 Å². The van der Waals surface area contributed by atoms with Crippen LogP contribution in [0.2, 0.25) is 0 Å². The molecule has 84 valence electrons. The van der Waals surface area contributed by atoms with Crippen molar-refractivity contribution >= 4 is 0 Å². The first-order valence-corrected chi connectivity index (χ1v) is 6.06. The van der Waals surface area contributed by atoms with Gasteiger partial charge < -0.3 is 10.6 Å². The summed E-state index contributed by atoms with van der Waals surface area (Å²) in [7, 11) is 0. The Kier molecular flexibility index (Phi) is 4.90. The van der Waals surface area contributed by atoms with E-state index < -0.39 is 0 Å². The maximum Gasteiger partial charge on any atom is 0.0164 e. The van der Waals surface area contributed by atoms with Crippen LogP contribution < -0.4 is 10.6 Å². The summed E-state index contributed by atoms with van der Waals surface area (Å²) in [6, 6.07) is 1.19. The molecule has 0 aromatic carbocycles. The van der Waals surface area contributed by atoms with Gasteiger partial charge in [0, 0.05) is 18.6 Å². The fourth-order valence-electron chi connectivity index (χ4n) is 1.70. The zero-order valence-electron chi connectivity index (χ0n) is 10.1. The Morgan fingerprint density at radius 3 is 2.14 bits per heavy atom. The van der Waals surface area contributed by atoms with Crippen LogP contribution in [-0.4, -0.2) is 25.2 Å². The molecule has 0 amide bonds. The number of nitrogens with one attached hydrogen (secondary N) is 2. The molecule has 1 saturated carbocycles. The molecule has 0 heterocycles. The second kappa shape index (κ2) is 5.72. The molecular formula is C12H26N2. The fourth-order valence-corrected chi connectivity index (χ4v) is 1.70. The third-order valence-corrected chi connectivity index (χ3v) is 3.05. The average Bonchev–Trinajstić information content (AvgIpc) is 2.93. The highest BCUT2D eigenvalue weighted by Gasteiger charge is 2.27. The van der Waals surface area contributed by atoms with E-state index in [2.05, 4.69) is 38.3 Å². The van der Waals surface area contributed by atoms with E-state index in [1.807, 2.05) is 0 Å². The van der Waals surface area contributed by atoms with Crippen LogP contribution >= 0.6 is 0 Å². The van der Waals surface area contributed by atoms with Crippen molar-refractivity contribution in [3.8, 4) is 0 Å². The monoisotopic (exact) mass is 198 g/mol. The largest absolute Gasteiger partial charge is 0.313 e. The van der Waals surface area contributed by atoms with Crippen molar-refractivity contribution in [2.24, 2.45) is 11.8 Å². The lowest BCUT2D eigenvalue weighted by Crippen LogP contribution is -2.40. The molecule has 2 atom stereocenters. The van der Waals surface area contributed by atoms with Gasteiger partial charge in [0.1, 0.15) is 0 Å². The molecule has 0 aliphatic heterocycles. The van der Waals surface area contributed by atoms with Crippen molar-refractivity contribution in [2.75, 3.05) is 13.1 Å². The minimum Gasteiger partial charge on any atom is -0.313 e. The molecule has 1 aliphatic carbocycles. The number of hydrogen-bond donors (Lipinski definition) is 2. The Morgan fingerprint density at radius 2 is 1.64 bits per heavy atom. The molecule has 2 heteroatoms. The van der Waals surface area contributed by atoms with E-state index in [-0.39, 0.29) is 0 Å². The van der Waals surface area contributed by atoms with Crippen molar-refractivity contribution in [2.45, 2.75) is 52.6 Å². The van der Waals surface area contributed by atoms with Gasteiger partial charge >= 0.3 is 0 Å². The molecule has 0 bridgehead atoms. The highest BCUT2D eigenvalue weighted by molar-refractivity contribution is 4.80. The lowest BCUT2D eigenvalue weighted by Gasteiger charge is -2.19. The van der Waals surface area contributed by atoms with Gasteiger partial charge in [-0.15, -0.1) is 0 Å². The lowest BCUT2D eigenvalue weighted by atomic mass is 10.1. The zero-order valence-corrected chi connectivity index (χ0v) is 10.1. The molecule has 1 aliphatic rings. The molecule has 1 rings (SSSR count). The average molecular weight is 198 g/mol. The van der Waals surface area contributed by atoms with Crippen molar-refractivity contribution in [1.82, 2.24) is 10.6 Å². The van der Waals surface area contributed by atoms with Gasteiger partial charge in [-0.25, -0.2) is 0 Å². The first-order chi connectivity index (χ1) is 6.59. The van der Waals surface area contributed by atoms with Gasteiger partial charge in [-0.3, -0.25) is 0 Å². The molecule has 1 fully saturated rings. The summed E-state index contributed by atoms with van der Waals surface area (Å²) >= 11 is 0. The predicted octanol–water partition coefficient (Wildman–Crippen LogP) is 2.01. The fraction of sp³-hybridized carbons (Fsp3) is 1.00. The Morgan fingerprint density at radius 1 is 1.00 bits per heavy atom. The maximum atomic E-state index is 3.60. The van der Waals surface area contributed by atoms with Gasteiger partial charge in [0.2, 0.25) is 0 Å². The van der Waals surface area contributed by atoms with Crippen molar-refractivity contribution in [1.29, 1.82) is 0 Å². The third kappa shape index (κ3) is 4.97. The highest BCUT2D eigenvalue weighted by Crippen LogP contribution is 2.36. The topological polar surface area (TPSA) is 24.1 Å². The van der Waals surface area contributed by atoms with Crippen LogP contribution in [0.3, 0.4) is 0 Å². The molecule has 0 aromatic heterocycles. The summed E-state index contributed by atoms with van der Waals surface area (Å²) < 4.78 is 0. The molecule has 0 spiro atoms. The maximum absolute atomic E-state index is 3.60. The first kappa shape index (κ1) is 12.0.